The summed E-state index contributed by atoms with van der Waals surface area (Å²) in [6.45, 7) is 43.5. The number of hydrogen-bond donors (Lipinski definition) is 2. The molecule has 2 fully saturated rings. The summed E-state index contributed by atoms with van der Waals surface area (Å²) >= 11 is 0. The predicted molar refractivity (Wildman–Crippen MR) is 341 cm³/mol. The molecule has 518 valence electrons. The number of carbonyl (C=O) groups excluding carboxylic acids is 7. The molecular formula is C64H121N9O16. The maximum absolute atomic E-state index is 13.7. The van der Waals surface area contributed by atoms with Crippen molar-refractivity contribution < 1.29 is 76.9 Å². The van der Waals surface area contributed by atoms with Crippen LogP contribution in [0, 0.1) is 0 Å². The lowest BCUT2D eigenvalue weighted by Crippen LogP contribution is -2.52. The van der Waals surface area contributed by atoms with E-state index < -0.39 is 93.2 Å². The van der Waals surface area contributed by atoms with Crippen LogP contribution in [0.3, 0.4) is 0 Å². The number of rotatable bonds is 22. The summed E-state index contributed by atoms with van der Waals surface area (Å²) in [7, 11) is 0. The van der Waals surface area contributed by atoms with Crippen molar-refractivity contribution in [3.8, 4) is 0 Å². The van der Waals surface area contributed by atoms with E-state index >= 15 is 0 Å². The van der Waals surface area contributed by atoms with Crippen LogP contribution in [0.25, 0.3) is 0 Å². The molecule has 89 heavy (non-hydrogen) atoms. The molecular weight excluding hydrogens is 1150 g/mol. The van der Waals surface area contributed by atoms with Crippen LogP contribution in [0.15, 0.2) is 0 Å². The van der Waals surface area contributed by atoms with Gasteiger partial charge in [-0.3, -0.25) is 77.7 Å². The fraction of sp³-hybridized carbons (Fsp3) is 0.891. The molecule has 2 rings (SSSR count). The highest BCUT2D eigenvalue weighted by molar-refractivity contribution is 5.74. The molecule has 2 aliphatic heterocycles. The van der Waals surface area contributed by atoms with Gasteiger partial charge in [-0.25, -0.2) is 0 Å². The van der Waals surface area contributed by atoms with E-state index in [0.29, 0.717) is 105 Å². The van der Waals surface area contributed by atoms with Gasteiger partial charge in [0.1, 0.15) is 39.2 Å². The van der Waals surface area contributed by atoms with Crippen molar-refractivity contribution in [2.24, 2.45) is 0 Å². The Hall–Kier alpha value is -4.15. The summed E-state index contributed by atoms with van der Waals surface area (Å²) in [5.74, 6) is -3.01. The molecule has 0 saturated carbocycles. The van der Waals surface area contributed by atoms with E-state index in [1.807, 2.05) is 70.9 Å². The van der Waals surface area contributed by atoms with Crippen molar-refractivity contribution in [1.82, 2.24) is 44.1 Å². The second-order valence-corrected chi connectivity index (χ2v) is 30.9. The standard InChI is InChI=1S/C64H121N9O16/c1-58(2,3)83-51(76)42-67-26-22-65(23-27-68(43-52(77)84-59(4,5)6)31-35-71(34-30-67)46-55(80)87-62(13,14)15)38-49(74)40-73(48-57(82)89-64(19,20)21)41-50(75)39-66-24-28-69(44-53(78)85-60(7,8)9)32-36-72(47-56(81)88-63(16,17)18)37-33-70(29-25-66)45-54(79)86-61(10,11)12/h49-50,74-75H,22-48H2,1-21H3. The Morgan fingerprint density at radius 2 is 0.427 bits per heavy atom. The van der Waals surface area contributed by atoms with Crippen molar-refractivity contribution in [2.75, 3.05) is 177 Å². The van der Waals surface area contributed by atoms with Gasteiger partial charge in [-0.15, -0.1) is 0 Å². The monoisotopic (exact) mass is 1270 g/mol. The zero-order valence-electron chi connectivity index (χ0n) is 58.9. The third kappa shape index (κ3) is 42.6. The lowest BCUT2D eigenvalue weighted by molar-refractivity contribution is -0.158. The molecule has 2 aliphatic rings. The van der Waals surface area contributed by atoms with Gasteiger partial charge in [-0.1, -0.05) is 0 Å². The van der Waals surface area contributed by atoms with Crippen LogP contribution >= 0.6 is 0 Å². The molecule has 2 unspecified atom stereocenters. The van der Waals surface area contributed by atoms with Gasteiger partial charge in [-0.05, 0) is 145 Å². The molecule has 25 heteroatoms. The average molecular weight is 1270 g/mol. The molecule has 0 aromatic heterocycles. The molecule has 2 heterocycles. The van der Waals surface area contributed by atoms with Crippen LogP contribution in [0.1, 0.15) is 145 Å². The predicted octanol–water partition coefficient (Wildman–Crippen LogP) is 2.85. The maximum Gasteiger partial charge on any atom is 0.320 e. The quantitative estimate of drug-likeness (QED) is 0.117. The smallest absolute Gasteiger partial charge is 0.320 e. The van der Waals surface area contributed by atoms with E-state index in [2.05, 4.69) is 9.80 Å². The number of β-amino-alcohol motifs (C(OH)–C–C–N with tert-alkyl or cyclic N) is 2. The van der Waals surface area contributed by atoms with Gasteiger partial charge >= 0.3 is 41.8 Å². The third-order valence-corrected chi connectivity index (χ3v) is 13.1. The summed E-state index contributed by atoms with van der Waals surface area (Å²) in [4.78, 5) is 111. The molecule has 0 spiro atoms. The summed E-state index contributed by atoms with van der Waals surface area (Å²) in [6, 6.07) is 0. The van der Waals surface area contributed by atoms with Crippen LogP contribution in [-0.4, -0.2) is 324 Å². The van der Waals surface area contributed by atoms with E-state index in [1.54, 1.807) is 109 Å². The fourth-order valence-corrected chi connectivity index (χ4v) is 9.88. The summed E-state index contributed by atoms with van der Waals surface area (Å²) in [6.07, 6.45) is -2.17. The van der Waals surface area contributed by atoms with E-state index in [1.165, 1.54) is 0 Å². The minimum atomic E-state index is -1.08. The third-order valence-electron chi connectivity index (χ3n) is 13.1. The largest absolute Gasteiger partial charge is 0.459 e. The fourth-order valence-electron chi connectivity index (χ4n) is 9.88. The van der Waals surface area contributed by atoms with Gasteiger partial charge < -0.3 is 43.4 Å². The topological polar surface area (TPSA) is 254 Å². The lowest BCUT2D eigenvalue weighted by Gasteiger charge is -2.36. The van der Waals surface area contributed by atoms with Crippen molar-refractivity contribution in [2.45, 2.75) is 197 Å². The molecule has 0 bridgehead atoms. The highest BCUT2D eigenvalue weighted by atomic mass is 16.6. The van der Waals surface area contributed by atoms with Gasteiger partial charge in [0, 0.05) is 131 Å². The first-order valence-corrected chi connectivity index (χ1v) is 31.9. The molecule has 0 aromatic carbocycles. The first-order chi connectivity index (χ1) is 40.5. The van der Waals surface area contributed by atoms with Crippen LogP contribution in [-0.2, 0) is 66.7 Å². The number of hydrogen-bond acceptors (Lipinski definition) is 25. The Labute approximate surface area is 534 Å². The Bertz CT molecular complexity index is 1960. The van der Waals surface area contributed by atoms with Crippen LogP contribution in [0.4, 0.5) is 0 Å². The number of aliphatic hydroxyl groups excluding tert-OH is 2. The molecule has 2 atom stereocenters. The lowest BCUT2D eigenvalue weighted by atomic mass is 10.2. The van der Waals surface area contributed by atoms with E-state index in [4.69, 9.17) is 33.2 Å². The second kappa shape index (κ2) is 36.3. The first kappa shape index (κ1) is 80.9. The number of aliphatic hydroxyl groups is 2. The summed E-state index contributed by atoms with van der Waals surface area (Å²) in [5.41, 5.74) is -5.15. The van der Waals surface area contributed by atoms with Crippen molar-refractivity contribution in [3.63, 3.8) is 0 Å². The zero-order valence-corrected chi connectivity index (χ0v) is 58.9. The summed E-state index contributed by atoms with van der Waals surface area (Å²) < 4.78 is 40.2. The van der Waals surface area contributed by atoms with Crippen LogP contribution in [0.5, 0.6) is 0 Å². The molecule has 25 nitrogen and oxygen atoms in total. The number of ether oxygens (including phenoxy) is 7. The highest BCUT2D eigenvalue weighted by Crippen LogP contribution is 2.16. The Morgan fingerprint density at radius 1 is 0.281 bits per heavy atom. The van der Waals surface area contributed by atoms with Gasteiger partial charge in [0.05, 0.1) is 58.0 Å². The normalized spacial score (nSPS) is 18.9. The molecule has 0 aliphatic carbocycles. The van der Waals surface area contributed by atoms with Crippen molar-refractivity contribution in [1.29, 1.82) is 0 Å². The van der Waals surface area contributed by atoms with E-state index in [0.717, 1.165) is 0 Å². The van der Waals surface area contributed by atoms with Crippen molar-refractivity contribution >= 4 is 41.8 Å². The van der Waals surface area contributed by atoms with Gasteiger partial charge in [0.2, 0.25) is 0 Å². The van der Waals surface area contributed by atoms with Gasteiger partial charge in [0.15, 0.2) is 0 Å². The molecule has 2 N–H and O–H groups in total. The number of esters is 7. The molecule has 0 amide bonds. The zero-order chi connectivity index (χ0) is 67.9. The Kier molecular flexibility index (Phi) is 33.0. The van der Waals surface area contributed by atoms with Gasteiger partial charge in [-0.2, -0.15) is 0 Å². The van der Waals surface area contributed by atoms with E-state index in [-0.39, 0.29) is 72.0 Å². The van der Waals surface area contributed by atoms with Crippen LogP contribution in [0.2, 0.25) is 0 Å². The van der Waals surface area contributed by atoms with Crippen LogP contribution < -0.4 is 0 Å². The molecule has 0 aromatic rings. The average Bonchev–Trinajstić information content (AvgIpc) is 3.31. The minimum Gasteiger partial charge on any atom is -0.459 e. The Morgan fingerprint density at radius 3 is 0.584 bits per heavy atom. The van der Waals surface area contributed by atoms with Gasteiger partial charge in [0.25, 0.3) is 0 Å². The number of nitrogens with zero attached hydrogens (tertiary/aromatic N) is 9. The van der Waals surface area contributed by atoms with E-state index in [9.17, 15) is 43.8 Å². The second-order valence-electron chi connectivity index (χ2n) is 30.9. The summed E-state index contributed by atoms with van der Waals surface area (Å²) in [5, 5.41) is 24.4. The minimum absolute atomic E-state index is 0.00948. The molecule has 2 saturated heterocycles. The molecule has 0 radical (unpaired) electrons. The maximum atomic E-state index is 13.7. The first-order valence-electron chi connectivity index (χ1n) is 31.9. The Balaban J connectivity index is 2.58. The SMILES string of the molecule is CC(C)(C)OC(=O)CN1CCN(CC(=O)OC(C)(C)C)CCN(CC(O)CN(CC(=O)OC(C)(C)C)CC(O)CN2CCN(CC(=O)OC(C)(C)C)CCN(CC(=O)OC(C)(C)C)CCN(CC(=O)OC(C)(C)C)CC2)CCN(CC(=O)OC(C)(C)C)CC1. The number of carbonyl (C=O) groups is 7. The highest BCUT2D eigenvalue weighted by Gasteiger charge is 2.31. The van der Waals surface area contributed by atoms with Crippen molar-refractivity contribution in [3.05, 3.63) is 0 Å².